The molecular weight excluding hydrogens is 178 g/mol. The lowest BCUT2D eigenvalue weighted by Crippen LogP contribution is -2.33. The summed E-state index contributed by atoms with van der Waals surface area (Å²) >= 11 is 4.77. The molecule has 5 nitrogen and oxygen atoms in total. The highest BCUT2D eigenvalue weighted by Crippen LogP contribution is 2.01. The fraction of sp³-hybridized carbons (Fsp3) is 0.333. The summed E-state index contributed by atoms with van der Waals surface area (Å²) in [5.74, 6) is -1.06. The van der Waals surface area contributed by atoms with Gasteiger partial charge in [-0.25, -0.2) is 9.98 Å². The number of thiocarbonyl (C=S) groups is 1. The first-order chi connectivity index (χ1) is 5.61. The highest BCUT2D eigenvalue weighted by molar-refractivity contribution is 7.82. The monoisotopic (exact) mass is 185 g/mol. The van der Waals surface area contributed by atoms with Crippen molar-refractivity contribution in [2.24, 2.45) is 15.7 Å². The van der Waals surface area contributed by atoms with Gasteiger partial charge in [-0.15, -0.1) is 0 Å². The van der Waals surface area contributed by atoms with Crippen LogP contribution in [0.2, 0.25) is 0 Å². The van der Waals surface area contributed by atoms with Crippen LogP contribution in [0.15, 0.2) is 9.98 Å². The summed E-state index contributed by atoms with van der Waals surface area (Å²) in [4.78, 5) is 18.1. The number of hydrogen-bond donors (Lipinski definition) is 2. The largest absolute Gasteiger partial charge is 0.480 e. The Morgan fingerprint density at radius 1 is 1.83 bits per heavy atom. The Labute approximate surface area is 74.0 Å². The van der Waals surface area contributed by atoms with Crippen molar-refractivity contribution in [2.75, 3.05) is 0 Å². The average molecular weight is 185 g/mol. The molecule has 0 radical (unpaired) electrons. The van der Waals surface area contributed by atoms with Gasteiger partial charge in [0.2, 0.25) is 0 Å². The first-order valence-electron chi connectivity index (χ1n) is 3.23. The molecule has 0 fully saturated rings. The second-order valence-corrected chi connectivity index (χ2v) is 2.66. The number of carbonyl (C=O) groups is 1. The van der Waals surface area contributed by atoms with Crippen molar-refractivity contribution in [3.63, 3.8) is 0 Å². The van der Waals surface area contributed by atoms with Gasteiger partial charge < -0.3 is 10.8 Å². The molecule has 1 aliphatic heterocycles. The van der Waals surface area contributed by atoms with Crippen molar-refractivity contribution in [1.29, 1.82) is 0 Å². The number of nitrogens with zero attached hydrogens (tertiary/aromatic N) is 2. The van der Waals surface area contributed by atoms with Crippen LogP contribution in [-0.2, 0) is 4.79 Å². The molecule has 1 rings (SSSR count). The van der Waals surface area contributed by atoms with Crippen LogP contribution in [0.4, 0.5) is 0 Å². The van der Waals surface area contributed by atoms with E-state index in [1.165, 1.54) is 6.34 Å². The number of nitrogens with two attached hydrogens (primary N) is 1. The molecule has 1 atom stereocenters. The fourth-order valence-electron chi connectivity index (χ4n) is 0.716. The molecule has 0 saturated carbocycles. The topological polar surface area (TPSA) is 88.0 Å². The number of aliphatic carboxylic acids is 1. The number of carboxylic acids is 1. The van der Waals surface area contributed by atoms with E-state index in [1.807, 2.05) is 0 Å². The van der Waals surface area contributed by atoms with E-state index in [9.17, 15) is 4.79 Å². The minimum absolute atomic E-state index is 0.133. The molecule has 0 aromatic carbocycles. The van der Waals surface area contributed by atoms with Gasteiger partial charge in [0.15, 0.2) is 0 Å². The fourth-order valence-corrected chi connectivity index (χ4v) is 0.900. The van der Waals surface area contributed by atoms with Crippen molar-refractivity contribution in [3.05, 3.63) is 0 Å². The Hall–Kier alpha value is -1.14. The van der Waals surface area contributed by atoms with Crippen molar-refractivity contribution in [2.45, 2.75) is 12.5 Å². The first kappa shape index (κ1) is 8.95. The van der Waals surface area contributed by atoms with Gasteiger partial charge in [0.25, 0.3) is 0 Å². The van der Waals surface area contributed by atoms with Crippen LogP contribution in [0.5, 0.6) is 0 Å². The van der Waals surface area contributed by atoms with E-state index in [0.29, 0.717) is 10.7 Å². The number of carboxylic acid groups (broad SMARTS) is 1. The number of hydrogen-bond acceptors (Lipinski definition) is 4. The van der Waals surface area contributed by atoms with E-state index in [0.717, 1.165) is 0 Å². The zero-order valence-corrected chi connectivity index (χ0v) is 6.91. The van der Waals surface area contributed by atoms with Gasteiger partial charge in [0.1, 0.15) is 17.4 Å². The predicted octanol–water partition coefficient (Wildman–Crippen LogP) is -0.401. The Bertz CT molecular complexity index is 285. The van der Waals surface area contributed by atoms with E-state index in [1.54, 1.807) is 0 Å². The molecule has 0 amide bonds. The quantitative estimate of drug-likeness (QED) is 0.585. The maximum Gasteiger partial charge on any atom is 0.320 e. The van der Waals surface area contributed by atoms with E-state index >= 15 is 0 Å². The Morgan fingerprint density at radius 2 is 2.50 bits per heavy atom. The molecule has 1 aliphatic rings. The molecule has 0 spiro atoms. The average Bonchev–Trinajstić information content (AvgIpc) is 2.36. The van der Waals surface area contributed by atoms with Crippen LogP contribution in [0, 0.1) is 0 Å². The van der Waals surface area contributed by atoms with Crippen LogP contribution in [-0.4, -0.2) is 34.2 Å². The Morgan fingerprint density at radius 3 is 2.92 bits per heavy atom. The van der Waals surface area contributed by atoms with Gasteiger partial charge in [-0.05, 0) is 0 Å². The molecule has 3 N–H and O–H groups in total. The van der Waals surface area contributed by atoms with Gasteiger partial charge in [-0.1, -0.05) is 12.2 Å². The highest BCUT2D eigenvalue weighted by atomic mass is 32.1. The lowest BCUT2D eigenvalue weighted by molar-refractivity contribution is -0.138. The molecule has 1 heterocycles. The number of aliphatic imine (C=N–C) groups is 2. The minimum Gasteiger partial charge on any atom is -0.480 e. The molecule has 64 valence electrons. The summed E-state index contributed by atoms with van der Waals surface area (Å²) in [6, 6.07) is -0.955. The maximum atomic E-state index is 10.3. The molecule has 0 aromatic heterocycles. The minimum atomic E-state index is -1.06. The maximum absolute atomic E-state index is 10.3. The van der Waals surface area contributed by atoms with Crippen LogP contribution in [0.1, 0.15) is 6.42 Å². The Kier molecular flexibility index (Phi) is 2.61. The highest BCUT2D eigenvalue weighted by Gasteiger charge is 2.18. The zero-order valence-electron chi connectivity index (χ0n) is 6.10. The summed E-state index contributed by atoms with van der Waals surface area (Å²) in [6.45, 7) is 0. The van der Waals surface area contributed by atoms with Crippen LogP contribution < -0.4 is 5.73 Å². The summed E-state index contributed by atoms with van der Waals surface area (Å²) in [6.07, 6.45) is 1.43. The van der Waals surface area contributed by atoms with E-state index in [4.69, 9.17) is 23.1 Å². The third-order valence-electron chi connectivity index (χ3n) is 1.37. The van der Waals surface area contributed by atoms with Crippen LogP contribution in [0.25, 0.3) is 0 Å². The Balaban J connectivity index is 2.54. The molecule has 0 unspecified atom stereocenters. The molecule has 0 saturated heterocycles. The third-order valence-corrected chi connectivity index (χ3v) is 1.71. The van der Waals surface area contributed by atoms with Crippen LogP contribution >= 0.6 is 12.2 Å². The van der Waals surface area contributed by atoms with E-state index < -0.39 is 12.0 Å². The van der Waals surface area contributed by atoms with Gasteiger partial charge >= 0.3 is 5.97 Å². The van der Waals surface area contributed by atoms with Gasteiger partial charge in [-0.3, -0.25) is 4.79 Å². The van der Waals surface area contributed by atoms with Crippen molar-refractivity contribution >= 4 is 35.2 Å². The van der Waals surface area contributed by atoms with Crippen LogP contribution in [0.3, 0.4) is 0 Å². The normalized spacial score (nSPS) is 17.8. The van der Waals surface area contributed by atoms with Crippen molar-refractivity contribution in [3.8, 4) is 0 Å². The van der Waals surface area contributed by atoms with Gasteiger partial charge in [0.05, 0.1) is 5.71 Å². The molecule has 0 bridgehead atoms. The molecule has 12 heavy (non-hydrogen) atoms. The molecule has 0 aliphatic carbocycles. The standard InChI is InChI=1S/C6H7N3O2S/c7-3(6(10)11)1-4-5(12)9-2-8-4/h2-3H,1,7H2,(H,10,11)/t3-/m0/s1. The van der Waals surface area contributed by atoms with Gasteiger partial charge in [-0.2, -0.15) is 0 Å². The smallest absolute Gasteiger partial charge is 0.320 e. The lowest BCUT2D eigenvalue weighted by atomic mass is 10.1. The molecular formula is C6H7N3O2S. The van der Waals surface area contributed by atoms with Crippen molar-refractivity contribution in [1.82, 2.24) is 0 Å². The van der Waals surface area contributed by atoms with E-state index in [-0.39, 0.29) is 6.42 Å². The SMILES string of the molecule is N[C@@H](CC1=NC=NC1=S)C(=O)O. The third kappa shape index (κ3) is 1.93. The predicted molar refractivity (Wildman–Crippen MR) is 48.8 cm³/mol. The summed E-state index contributed by atoms with van der Waals surface area (Å²) in [5, 5.41) is 8.46. The summed E-state index contributed by atoms with van der Waals surface area (Å²) in [7, 11) is 0. The van der Waals surface area contributed by atoms with Crippen molar-refractivity contribution < 1.29 is 9.90 Å². The molecule has 6 heteroatoms. The number of rotatable bonds is 3. The second kappa shape index (κ2) is 3.51. The second-order valence-electron chi connectivity index (χ2n) is 2.27. The zero-order chi connectivity index (χ0) is 9.14. The van der Waals surface area contributed by atoms with E-state index in [2.05, 4.69) is 9.98 Å². The summed E-state index contributed by atoms with van der Waals surface area (Å²) in [5.41, 5.74) is 5.74. The first-order valence-corrected chi connectivity index (χ1v) is 3.64. The lowest BCUT2D eigenvalue weighted by Gasteiger charge is -2.04. The molecule has 0 aromatic rings. The summed E-state index contributed by atoms with van der Waals surface area (Å²) < 4.78 is 0. The van der Waals surface area contributed by atoms with Gasteiger partial charge in [0, 0.05) is 6.42 Å².